The van der Waals surface area contributed by atoms with Crippen LogP contribution in [0.25, 0.3) is 17.2 Å². The summed E-state index contributed by atoms with van der Waals surface area (Å²) in [6.45, 7) is 4.18. The molecule has 0 aliphatic rings. The molecule has 0 unspecified atom stereocenters. The smallest absolute Gasteiger partial charge is 0.127 e. The van der Waals surface area contributed by atoms with E-state index in [9.17, 15) is 0 Å². The summed E-state index contributed by atoms with van der Waals surface area (Å²) in [4.78, 5) is 0. The molecule has 0 spiro atoms. The number of rotatable bonds is 4. The van der Waals surface area contributed by atoms with Crippen LogP contribution >= 0.6 is 0 Å². The van der Waals surface area contributed by atoms with Crippen molar-refractivity contribution in [2.24, 2.45) is 0 Å². The third-order valence-electron chi connectivity index (χ3n) is 3.02. The average Bonchev–Trinajstić information content (AvgIpc) is 2.92. The average molecular weight is 242 g/mol. The molecule has 0 aliphatic heterocycles. The molecule has 94 valence electrons. The number of allylic oxidation sites excluding steroid dienone is 1. The third-order valence-corrected chi connectivity index (χ3v) is 3.02. The Morgan fingerprint density at radius 1 is 1.33 bits per heavy atom. The largest absolute Gasteiger partial charge is 0.496 e. The summed E-state index contributed by atoms with van der Waals surface area (Å²) >= 11 is 0. The Bertz CT molecular complexity index is 536. The third kappa shape index (κ3) is 2.33. The summed E-state index contributed by atoms with van der Waals surface area (Å²) in [5.74, 6) is 0.877. The maximum absolute atomic E-state index is 5.48. The Labute approximate surface area is 108 Å². The zero-order valence-electron chi connectivity index (χ0n) is 11.1. The topological polar surface area (TPSA) is 22.4 Å². The minimum atomic E-state index is 0.877. The van der Waals surface area contributed by atoms with E-state index in [0.717, 1.165) is 23.3 Å². The summed E-state index contributed by atoms with van der Waals surface area (Å²) in [6, 6.07) is 6.22. The first-order chi connectivity index (χ1) is 8.80. The molecule has 1 heterocycles. The first-order valence-electron chi connectivity index (χ1n) is 6.16. The molecule has 0 saturated heterocycles. The van der Waals surface area contributed by atoms with Gasteiger partial charge >= 0.3 is 0 Å². The summed E-state index contributed by atoms with van der Waals surface area (Å²) in [6.07, 6.45) is 8.58. The normalized spacial score (nSPS) is 11.1. The second-order valence-electron chi connectivity index (χ2n) is 4.12. The van der Waals surface area contributed by atoms with Crippen LogP contribution in [-0.2, 0) is 6.42 Å². The number of hydrogen-bond donors (Lipinski definition) is 0. The van der Waals surface area contributed by atoms with Gasteiger partial charge in [0.05, 0.1) is 19.6 Å². The zero-order valence-corrected chi connectivity index (χ0v) is 11.1. The van der Waals surface area contributed by atoms with Gasteiger partial charge in [-0.2, -0.15) is 0 Å². The molecule has 1 aromatic carbocycles. The highest BCUT2D eigenvalue weighted by atomic mass is 16.5. The van der Waals surface area contributed by atoms with E-state index in [2.05, 4.69) is 25.1 Å². The lowest BCUT2D eigenvalue weighted by molar-refractivity contribution is 0.416. The van der Waals surface area contributed by atoms with Gasteiger partial charge in [-0.25, -0.2) is 0 Å². The maximum Gasteiger partial charge on any atom is 0.127 e. The molecule has 0 atom stereocenters. The molecule has 0 fully saturated rings. The molecule has 2 nitrogen and oxygen atoms in total. The Morgan fingerprint density at radius 3 is 2.72 bits per heavy atom. The molecule has 0 saturated carbocycles. The van der Waals surface area contributed by atoms with Gasteiger partial charge < -0.3 is 9.15 Å². The van der Waals surface area contributed by atoms with Crippen LogP contribution in [0.3, 0.4) is 0 Å². The predicted molar refractivity (Wildman–Crippen MR) is 74.8 cm³/mol. The summed E-state index contributed by atoms with van der Waals surface area (Å²) in [7, 11) is 1.70. The van der Waals surface area contributed by atoms with Crippen molar-refractivity contribution in [3.05, 3.63) is 47.9 Å². The van der Waals surface area contributed by atoms with E-state index in [1.165, 1.54) is 11.1 Å². The Morgan fingerprint density at radius 2 is 2.17 bits per heavy atom. The van der Waals surface area contributed by atoms with Crippen LogP contribution in [0.4, 0.5) is 0 Å². The number of hydrogen-bond acceptors (Lipinski definition) is 2. The van der Waals surface area contributed by atoms with Crippen LogP contribution < -0.4 is 4.74 Å². The van der Waals surface area contributed by atoms with Crippen molar-refractivity contribution in [3.8, 4) is 16.9 Å². The van der Waals surface area contributed by atoms with Crippen molar-refractivity contribution < 1.29 is 9.15 Å². The lowest BCUT2D eigenvalue weighted by atomic mass is 9.97. The monoisotopic (exact) mass is 242 g/mol. The Kier molecular flexibility index (Phi) is 3.88. The molecule has 0 amide bonds. The number of aryl methyl sites for hydroxylation is 1. The minimum Gasteiger partial charge on any atom is -0.496 e. The van der Waals surface area contributed by atoms with E-state index in [1.54, 1.807) is 19.6 Å². The molecular formula is C16H18O2. The molecule has 0 N–H and O–H groups in total. The van der Waals surface area contributed by atoms with Crippen LogP contribution in [0.15, 0.2) is 41.2 Å². The fourth-order valence-electron chi connectivity index (χ4n) is 2.09. The van der Waals surface area contributed by atoms with Gasteiger partial charge in [0.15, 0.2) is 0 Å². The van der Waals surface area contributed by atoms with Gasteiger partial charge in [0.2, 0.25) is 0 Å². The van der Waals surface area contributed by atoms with E-state index in [4.69, 9.17) is 9.15 Å². The lowest BCUT2D eigenvalue weighted by Gasteiger charge is -2.12. The van der Waals surface area contributed by atoms with Crippen LogP contribution in [-0.4, -0.2) is 7.11 Å². The van der Waals surface area contributed by atoms with Crippen LogP contribution in [0, 0.1) is 0 Å². The molecule has 18 heavy (non-hydrogen) atoms. The molecule has 2 heteroatoms. The number of furan rings is 1. The zero-order chi connectivity index (χ0) is 13.0. The van der Waals surface area contributed by atoms with E-state index in [0.29, 0.717) is 0 Å². The molecule has 2 rings (SSSR count). The quantitative estimate of drug-likeness (QED) is 0.784. The van der Waals surface area contributed by atoms with Gasteiger partial charge in [0, 0.05) is 11.1 Å². The Balaban J connectivity index is 2.60. The van der Waals surface area contributed by atoms with Crippen LogP contribution in [0.2, 0.25) is 0 Å². The molecular weight excluding hydrogens is 224 g/mol. The first-order valence-corrected chi connectivity index (χ1v) is 6.16. The van der Waals surface area contributed by atoms with Gasteiger partial charge in [-0.15, -0.1) is 0 Å². The molecule has 2 aromatic rings. The first kappa shape index (κ1) is 12.5. The van der Waals surface area contributed by atoms with Gasteiger partial charge in [0.1, 0.15) is 5.75 Å². The highest BCUT2D eigenvalue weighted by molar-refractivity contribution is 5.74. The minimum absolute atomic E-state index is 0.877. The van der Waals surface area contributed by atoms with Gasteiger partial charge in [-0.3, -0.25) is 0 Å². The van der Waals surface area contributed by atoms with Gasteiger partial charge in [0.25, 0.3) is 0 Å². The summed E-state index contributed by atoms with van der Waals surface area (Å²) < 4.78 is 10.6. The van der Waals surface area contributed by atoms with E-state index in [-0.39, 0.29) is 0 Å². The van der Waals surface area contributed by atoms with Crippen LogP contribution in [0.1, 0.15) is 25.0 Å². The summed E-state index contributed by atoms with van der Waals surface area (Å²) in [5, 5.41) is 0. The predicted octanol–water partition coefficient (Wildman–Crippen LogP) is 4.55. The fourth-order valence-corrected chi connectivity index (χ4v) is 2.09. The molecule has 0 bridgehead atoms. The van der Waals surface area contributed by atoms with Crippen molar-refractivity contribution >= 4 is 6.08 Å². The lowest BCUT2D eigenvalue weighted by Crippen LogP contribution is -1.93. The van der Waals surface area contributed by atoms with Crippen molar-refractivity contribution in [3.63, 3.8) is 0 Å². The van der Waals surface area contributed by atoms with E-state index < -0.39 is 0 Å². The summed E-state index contributed by atoms with van der Waals surface area (Å²) in [5.41, 5.74) is 4.65. The SMILES string of the molecule is CC=Cc1cc(OC)c(-c2ccoc2)cc1CC. The number of benzene rings is 1. The van der Waals surface area contributed by atoms with Crippen molar-refractivity contribution in [1.82, 2.24) is 0 Å². The van der Waals surface area contributed by atoms with Crippen molar-refractivity contribution in [2.45, 2.75) is 20.3 Å². The van der Waals surface area contributed by atoms with Crippen molar-refractivity contribution in [2.75, 3.05) is 7.11 Å². The Hall–Kier alpha value is -1.96. The standard InChI is InChI=1S/C16H18O2/c1-4-6-13-10-16(17-3)15(9-12(13)5-2)14-7-8-18-11-14/h4,6-11H,5H2,1-3H3. The second-order valence-corrected chi connectivity index (χ2v) is 4.12. The van der Waals surface area contributed by atoms with E-state index in [1.807, 2.05) is 19.1 Å². The molecule has 0 radical (unpaired) electrons. The van der Waals surface area contributed by atoms with Crippen LogP contribution in [0.5, 0.6) is 5.75 Å². The van der Waals surface area contributed by atoms with Gasteiger partial charge in [-0.05, 0) is 42.7 Å². The van der Waals surface area contributed by atoms with E-state index >= 15 is 0 Å². The van der Waals surface area contributed by atoms with Crippen molar-refractivity contribution in [1.29, 1.82) is 0 Å². The molecule has 0 aliphatic carbocycles. The number of methoxy groups -OCH3 is 1. The highest BCUT2D eigenvalue weighted by Gasteiger charge is 2.10. The molecule has 1 aromatic heterocycles. The highest BCUT2D eigenvalue weighted by Crippen LogP contribution is 2.33. The number of ether oxygens (including phenoxy) is 1. The fraction of sp³-hybridized carbons (Fsp3) is 0.250. The van der Waals surface area contributed by atoms with Gasteiger partial charge in [-0.1, -0.05) is 19.1 Å². The second kappa shape index (κ2) is 5.58. The maximum atomic E-state index is 5.48.